The number of nitrogens with one attached hydrogen (secondary N) is 1. The molecule has 3 aromatic rings. The molecule has 0 atom stereocenters. The molecule has 6 rings (SSSR count). The van der Waals surface area contributed by atoms with Gasteiger partial charge in [-0.25, -0.2) is 9.59 Å². The van der Waals surface area contributed by atoms with Crippen molar-refractivity contribution in [2.45, 2.75) is 6.92 Å². The average molecular weight is 652 g/mol. The van der Waals surface area contributed by atoms with Crippen LogP contribution in [0.2, 0.25) is 0 Å². The minimum atomic E-state index is -0.880. The monoisotopic (exact) mass is 651 g/mol. The minimum Gasteiger partial charge on any atom is -0.493 e. The zero-order valence-corrected chi connectivity index (χ0v) is 25.6. The predicted molar refractivity (Wildman–Crippen MR) is 160 cm³/mol. The fourth-order valence-electron chi connectivity index (χ4n) is 5.00. The van der Waals surface area contributed by atoms with Crippen LogP contribution < -0.4 is 43.2 Å². The highest BCUT2D eigenvalue weighted by molar-refractivity contribution is 8.18. The first-order valence-electron chi connectivity index (χ1n) is 13.6. The summed E-state index contributed by atoms with van der Waals surface area (Å²) >= 11 is 0.769. The van der Waals surface area contributed by atoms with E-state index >= 15 is 0 Å². The molecule has 15 heteroatoms. The van der Waals surface area contributed by atoms with Crippen molar-refractivity contribution in [2.75, 3.05) is 41.5 Å². The van der Waals surface area contributed by atoms with E-state index in [0.29, 0.717) is 5.56 Å². The number of esters is 2. The summed E-state index contributed by atoms with van der Waals surface area (Å²) in [7, 11) is 4.01. The van der Waals surface area contributed by atoms with Gasteiger partial charge in [-0.05, 0) is 54.6 Å². The molecular formula is C31H25NO13S. The number of amides is 2. The van der Waals surface area contributed by atoms with Gasteiger partial charge in [-0.3, -0.25) is 14.9 Å². The topological polar surface area (TPSA) is 163 Å². The van der Waals surface area contributed by atoms with Gasteiger partial charge in [0.25, 0.3) is 11.1 Å². The van der Waals surface area contributed by atoms with Crippen molar-refractivity contribution in [3.05, 3.63) is 51.9 Å². The van der Waals surface area contributed by atoms with Crippen LogP contribution in [0.1, 0.15) is 33.2 Å². The van der Waals surface area contributed by atoms with Gasteiger partial charge < -0.3 is 42.6 Å². The highest BCUT2D eigenvalue weighted by Gasteiger charge is 2.38. The highest BCUT2D eigenvalue weighted by Crippen LogP contribution is 2.57. The van der Waals surface area contributed by atoms with Crippen LogP contribution in [0.5, 0.6) is 46.0 Å². The summed E-state index contributed by atoms with van der Waals surface area (Å²) < 4.78 is 50.6. The Morgan fingerprint density at radius 2 is 1.39 bits per heavy atom. The molecule has 238 valence electrons. The summed E-state index contributed by atoms with van der Waals surface area (Å²) in [5.74, 6) is -0.960. The number of imide groups is 1. The highest BCUT2D eigenvalue weighted by atomic mass is 32.2. The Kier molecular flexibility index (Phi) is 8.23. The molecule has 1 N–H and O–H groups in total. The molecule has 1 fully saturated rings. The summed E-state index contributed by atoms with van der Waals surface area (Å²) in [5, 5.41) is 1.72. The summed E-state index contributed by atoms with van der Waals surface area (Å²) in [6.07, 6.45) is 1.51. The Labute approximate surface area is 265 Å². The second-order valence-electron chi connectivity index (χ2n) is 9.50. The lowest BCUT2D eigenvalue weighted by atomic mass is 9.91. The van der Waals surface area contributed by atoms with Crippen molar-refractivity contribution in [2.24, 2.45) is 0 Å². The zero-order valence-electron chi connectivity index (χ0n) is 24.8. The van der Waals surface area contributed by atoms with Crippen molar-refractivity contribution in [3.63, 3.8) is 0 Å². The molecular weight excluding hydrogens is 626 g/mol. The van der Waals surface area contributed by atoms with Crippen LogP contribution in [0.3, 0.4) is 0 Å². The van der Waals surface area contributed by atoms with E-state index in [-0.39, 0.29) is 93.3 Å². The Morgan fingerprint density at radius 3 is 1.91 bits per heavy atom. The van der Waals surface area contributed by atoms with Crippen molar-refractivity contribution < 1.29 is 61.8 Å². The van der Waals surface area contributed by atoms with Crippen LogP contribution in [0, 0.1) is 0 Å². The number of rotatable bonds is 9. The number of thioether (sulfide) groups is 1. The molecule has 3 heterocycles. The van der Waals surface area contributed by atoms with E-state index in [1.54, 1.807) is 19.1 Å². The third-order valence-electron chi connectivity index (χ3n) is 6.94. The smallest absolute Gasteiger partial charge is 0.344 e. The van der Waals surface area contributed by atoms with E-state index < -0.39 is 23.1 Å². The Hall–Kier alpha value is -5.57. The molecule has 0 aliphatic carbocycles. The number of methoxy groups -OCH3 is 3. The number of ether oxygens (including phenoxy) is 9. The van der Waals surface area contributed by atoms with Gasteiger partial charge in [0.1, 0.15) is 0 Å². The van der Waals surface area contributed by atoms with E-state index in [9.17, 15) is 19.2 Å². The SMILES string of the molecule is CCOc1cc(/C=C2\SC(=O)NC2=O)ccc1OC(=O)c1cc(OC)c2c(c1-c1c(C(=O)OC)cc(OC)c3c1OCO3)OCO2. The first-order valence-corrected chi connectivity index (χ1v) is 14.4. The van der Waals surface area contributed by atoms with E-state index in [1.165, 1.54) is 45.6 Å². The molecule has 0 bridgehead atoms. The van der Waals surface area contributed by atoms with Gasteiger partial charge >= 0.3 is 11.9 Å². The van der Waals surface area contributed by atoms with Gasteiger partial charge in [0.15, 0.2) is 34.5 Å². The number of carbonyl (C=O) groups is 4. The molecule has 3 aliphatic rings. The lowest BCUT2D eigenvalue weighted by molar-refractivity contribution is -0.115. The second-order valence-corrected chi connectivity index (χ2v) is 10.5. The van der Waals surface area contributed by atoms with E-state index in [0.717, 1.165) is 11.8 Å². The van der Waals surface area contributed by atoms with E-state index in [2.05, 4.69) is 5.32 Å². The number of carbonyl (C=O) groups excluding carboxylic acids is 4. The number of hydrogen-bond acceptors (Lipinski definition) is 14. The van der Waals surface area contributed by atoms with Crippen LogP contribution in [-0.4, -0.2) is 64.6 Å². The summed E-state index contributed by atoms with van der Waals surface area (Å²) in [6.45, 7) is 1.58. The van der Waals surface area contributed by atoms with Gasteiger partial charge in [-0.1, -0.05) is 6.07 Å². The Balaban J connectivity index is 1.49. The lowest BCUT2D eigenvalue weighted by Crippen LogP contribution is -2.17. The molecule has 0 aromatic heterocycles. The Morgan fingerprint density at radius 1 is 0.804 bits per heavy atom. The van der Waals surface area contributed by atoms with E-state index in [4.69, 9.17) is 42.6 Å². The van der Waals surface area contributed by atoms with Crippen LogP contribution in [0.25, 0.3) is 17.2 Å². The fraction of sp³-hybridized carbons (Fsp3) is 0.226. The predicted octanol–water partition coefficient (Wildman–Crippen LogP) is 4.56. The minimum absolute atomic E-state index is 0.0137. The first-order chi connectivity index (χ1) is 22.3. The molecule has 0 radical (unpaired) electrons. The molecule has 0 spiro atoms. The normalized spacial score (nSPS) is 15.1. The molecule has 14 nitrogen and oxygen atoms in total. The molecule has 46 heavy (non-hydrogen) atoms. The number of fused-ring (bicyclic) bond motifs is 2. The largest absolute Gasteiger partial charge is 0.493 e. The van der Waals surface area contributed by atoms with Crippen molar-refractivity contribution >= 4 is 40.9 Å². The van der Waals surface area contributed by atoms with Crippen LogP contribution in [-0.2, 0) is 9.53 Å². The van der Waals surface area contributed by atoms with Crippen molar-refractivity contribution in [1.29, 1.82) is 0 Å². The van der Waals surface area contributed by atoms with Gasteiger partial charge in [0.2, 0.25) is 25.1 Å². The van der Waals surface area contributed by atoms with Crippen molar-refractivity contribution in [3.8, 4) is 57.1 Å². The van der Waals surface area contributed by atoms with Crippen LogP contribution in [0.15, 0.2) is 35.2 Å². The average Bonchev–Trinajstić information content (AvgIpc) is 3.81. The number of hydrogen-bond donors (Lipinski definition) is 1. The summed E-state index contributed by atoms with van der Waals surface area (Å²) in [6, 6.07) is 7.44. The molecule has 0 unspecified atom stereocenters. The maximum Gasteiger partial charge on any atom is 0.344 e. The number of benzene rings is 3. The summed E-state index contributed by atoms with van der Waals surface area (Å²) in [4.78, 5) is 51.1. The standard InChI is InChI=1S/C31H25NO13S/c1-5-40-18-8-14(9-21-28(33)32-31(36)46-21)6-7-17(18)45-30(35)16-11-20(38-3)25-27(44-13-42-25)23(16)22-15(29(34)39-4)10-19(37-2)24-26(22)43-12-41-24/h6-11H,5,12-13H2,1-4H3,(H,32,33,36)/b21-9-. The van der Waals surface area contributed by atoms with Gasteiger partial charge in [0, 0.05) is 11.1 Å². The molecule has 3 aliphatic heterocycles. The van der Waals surface area contributed by atoms with Gasteiger partial charge in [-0.2, -0.15) is 0 Å². The van der Waals surface area contributed by atoms with Gasteiger partial charge in [0.05, 0.1) is 44.0 Å². The van der Waals surface area contributed by atoms with Crippen LogP contribution in [0.4, 0.5) is 4.79 Å². The third kappa shape index (κ3) is 5.34. The van der Waals surface area contributed by atoms with Gasteiger partial charge in [-0.15, -0.1) is 0 Å². The molecule has 1 saturated heterocycles. The quantitative estimate of drug-likeness (QED) is 0.195. The first kappa shape index (κ1) is 30.5. The van der Waals surface area contributed by atoms with E-state index in [1.807, 2.05) is 0 Å². The maximum atomic E-state index is 14.1. The molecule has 0 saturated carbocycles. The molecule has 2 amide bonds. The van der Waals surface area contributed by atoms with Crippen molar-refractivity contribution in [1.82, 2.24) is 5.32 Å². The summed E-state index contributed by atoms with van der Waals surface area (Å²) in [5.41, 5.74) is 0.636. The molecule has 3 aromatic carbocycles. The third-order valence-corrected chi connectivity index (χ3v) is 7.75. The van der Waals surface area contributed by atoms with Crippen LogP contribution >= 0.6 is 11.8 Å². The maximum absolute atomic E-state index is 14.1. The lowest BCUT2D eigenvalue weighted by Gasteiger charge is -2.19. The second kappa shape index (κ2) is 12.4. The zero-order chi connectivity index (χ0) is 32.5. The Bertz CT molecular complexity index is 1830. The fourth-order valence-corrected chi connectivity index (χ4v) is 5.68.